The van der Waals surface area contributed by atoms with E-state index in [0.717, 1.165) is 37.4 Å². The van der Waals surface area contributed by atoms with Crippen molar-refractivity contribution in [2.24, 2.45) is 0 Å². The molecule has 0 aliphatic carbocycles. The molecule has 0 atom stereocenters. The third kappa shape index (κ3) is 6.66. The molecular formula is C35H37N7O3. The molecule has 1 aliphatic rings. The quantitative estimate of drug-likeness (QED) is 0.236. The predicted molar refractivity (Wildman–Crippen MR) is 179 cm³/mol. The zero-order valence-corrected chi connectivity index (χ0v) is 25.8. The van der Waals surface area contributed by atoms with E-state index in [2.05, 4.69) is 38.5 Å². The third-order valence-corrected chi connectivity index (χ3v) is 8.06. The summed E-state index contributed by atoms with van der Waals surface area (Å²) in [5.74, 6) is 0.890. The number of nitrogens with one attached hydrogen (secondary N) is 2. The van der Waals surface area contributed by atoms with Crippen LogP contribution in [0.15, 0.2) is 89.9 Å². The number of rotatable bonds is 9. The molecule has 10 heteroatoms. The number of aromatic nitrogens is 3. The molecule has 10 nitrogen and oxygen atoms in total. The van der Waals surface area contributed by atoms with E-state index in [-0.39, 0.29) is 11.5 Å². The smallest absolute Gasteiger partial charge is 0.260 e. The molecule has 0 saturated carbocycles. The van der Waals surface area contributed by atoms with Gasteiger partial charge in [-0.25, -0.2) is 4.98 Å². The first-order valence-corrected chi connectivity index (χ1v) is 15.2. The number of likely N-dealkylation sites (N-methyl/N-ethyl adjacent to an activating group) is 1. The molecular weight excluding hydrogens is 566 g/mol. The minimum absolute atomic E-state index is 0.108. The molecule has 2 aromatic heterocycles. The van der Waals surface area contributed by atoms with Crippen molar-refractivity contribution in [2.75, 3.05) is 55.9 Å². The number of amides is 1. The molecule has 2 N–H and O–H groups in total. The van der Waals surface area contributed by atoms with E-state index in [4.69, 9.17) is 9.72 Å². The van der Waals surface area contributed by atoms with Gasteiger partial charge in [-0.2, -0.15) is 4.98 Å². The van der Waals surface area contributed by atoms with Crippen molar-refractivity contribution < 1.29 is 9.53 Å². The van der Waals surface area contributed by atoms with Crippen molar-refractivity contribution >= 4 is 40.0 Å². The van der Waals surface area contributed by atoms with Crippen LogP contribution in [0.5, 0.6) is 5.75 Å². The molecule has 0 radical (unpaired) electrons. The highest BCUT2D eigenvalue weighted by Crippen LogP contribution is 2.32. The molecule has 6 rings (SSSR count). The van der Waals surface area contributed by atoms with Gasteiger partial charge in [0.25, 0.3) is 5.56 Å². The summed E-state index contributed by atoms with van der Waals surface area (Å²) in [6.45, 7) is 5.72. The molecule has 3 aromatic carbocycles. The van der Waals surface area contributed by atoms with E-state index in [1.165, 1.54) is 0 Å². The number of methoxy groups -OCH3 is 1. The molecule has 5 aromatic rings. The van der Waals surface area contributed by atoms with Crippen molar-refractivity contribution in [3.63, 3.8) is 0 Å². The number of carbonyl (C=O) groups is 1. The van der Waals surface area contributed by atoms with Crippen LogP contribution in [0.4, 0.5) is 23.0 Å². The van der Waals surface area contributed by atoms with Gasteiger partial charge >= 0.3 is 0 Å². The van der Waals surface area contributed by atoms with Crippen molar-refractivity contribution in [3.05, 3.63) is 107 Å². The number of piperazine rings is 1. The molecule has 0 unspecified atom stereocenters. The third-order valence-electron chi connectivity index (χ3n) is 8.06. The Morgan fingerprint density at radius 2 is 1.73 bits per heavy atom. The molecule has 45 heavy (non-hydrogen) atoms. The summed E-state index contributed by atoms with van der Waals surface area (Å²) in [4.78, 5) is 40.4. The van der Waals surface area contributed by atoms with Gasteiger partial charge in [0.2, 0.25) is 11.9 Å². The van der Waals surface area contributed by atoms with Crippen LogP contribution < -0.4 is 25.8 Å². The number of fused-ring (bicyclic) bond motifs is 1. The van der Waals surface area contributed by atoms with Crippen LogP contribution in [0.1, 0.15) is 24.5 Å². The van der Waals surface area contributed by atoms with Crippen molar-refractivity contribution in [1.82, 2.24) is 19.4 Å². The van der Waals surface area contributed by atoms with Crippen LogP contribution in [0.3, 0.4) is 0 Å². The highest BCUT2D eigenvalue weighted by atomic mass is 16.5. The summed E-state index contributed by atoms with van der Waals surface area (Å²) >= 11 is 0. The lowest BCUT2D eigenvalue weighted by molar-refractivity contribution is -0.115. The van der Waals surface area contributed by atoms with Gasteiger partial charge in [0, 0.05) is 73.6 Å². The second-order valence-corrected chi connectivity index (χ2v) is 11.2. The molecule has 1 fully saturated rings. The van der Waals surface area contributed by atoms with E-state index in [1.807, 2.05) is 60.7 Å². The van der Waals surface area contributed by atoms with Gasteiger partial charge in [0.1, 0.15) is 5.75 Å². The lowest BCUT2D eigenvalue weighted by Crippen LogP contribution is -2.44. The molecule has 230 valence electrons. The summed E-state index contributed by atoms with van der Waals surface area (Å²) in [7, 11) is 3.78. The monoisotopic (exact) mass is 603 g/mol. The Morgan fingerprint density at radius 3 is 2.49 bits per heavy atom. The fourth-order valence-electron chi connectivity index (χ4n) is 5.53. The highest BCUT2D eigenvalue weighted by molar-refractivity contribution is 5.91. The highest BCUT2D eigenvalue weighted by Gasteiger charge is 2.18. The van der Waals surface area contributed by atoms with Gasteiger partial charge in [-0.05, 0) is 49.0 Å². The topological polar surface area (TPSA) is 105 Å². The second-order valence-electron chi connectivity index (χ2n) is 11.2. The Balaban J connectivity index is 1.40. The molecule has 3 heterocycles. The average molecular weight is 604 g/mol. The van der Waals surface area contributed by atoms with Crippen LogP contribution >= 0.6 is 0 Å². The lowest BCUT2D eigenvalue weighted by atomic mass is 10.1. The first-order valence-electron chi connectivity index (χ1n) is 15.2. The predicted octanol–water partition coefficient (Wildman–Crippen LogP) is 5.22. The largest absolute Gasteiger partial charge is 0.494 e. The number of hydrogen-bond acceptors (Lipinski definition) is 8. The number of carbonyl (C=O) groups excluding carboxylic acids is 1. The molecule has 0 bridgehead atoms. The standard InChI is InChI=1S/C35H37N7O3/c1-4-32(43)37-27-11-8-12-29(21-27)42-33-26(20-25(34(42)44)19-24-9-6-5-7-10-24)23-36-35(39-33)38-30-14-13-28(22-31(30)45-3)41-17-15-40(2)16-18-41/h5-14,20-23H,4,15-19H2,1-3H3,(H,37,43)(H,36,38,39). The van der Waals surface area contributed by atoms with E-state index in [9.17, 15) is 9.59 Å². The van der Waals surface area contributed by atoms with Gasteiger partial charge in [0.15, 0.2) is 5.65 Å². The fraction of sp³-hybridized carbons (Fsp3) is 0.257. The molecule has 1 saturated heterocycles. The van der Waals surface area contributed by atoms with Crippen molar-refractivity contribution in [1.29, 1.82) is 0 Å². The van der Waals surface area contributed by atoms with Gasteiger partial charge < -0.3 is 25.2 Å². The normalized spacial score (nSPS) is 13.5. The van der Waals surface area contributed by atoms with Crippen LogP contribution in [-0.2, 0) is 11.2 Å². The van der Waals surface area contributed by atoms with E-state index in [0.29, 0.717) is 58.2 Å². The van der Waals surface area contributed by atoms with Crippen molar-refractivity contribution in [2.45, 2.75) is 19.8 Å². The Morgan fingerprint density at radius 1 is 0.933 bits per heavy atom. The molecule has 1 aliphatic heterocycles. The lowest BCUT2D eigenvalue weighted by Gasteiger charge is -2.34. The number of anilines is 4. The van der Waals surface area contributed by atoms with Gasteiger partial charge in [-0.15, -0.1) is 0 Å². The number of benzene rings is 3. The minimum atomic E-state index is -0.191. The molecule has 0 spiro atoms. The number of hydrogen-bond donors (Lipinski definition) is 2. The summed E-state index contributed by atoms with van der Waals surface area (Å²) in [5.41, 5.74) is 4.90. The Labute approximate surface area is 262 Å². The van der Waals surface area contributed by atoms with E-state index < -0.39 is 0 Å². The SMILES string of the molecule is CCC(=O)Nc1cccc(-n2c(=O)c(Cc3ccccc3)cc3cnc(Nc4ccc(N5CCN(C)CC5)cc4OC)nc32)c1. The van der Waals surface area contributed by atoms with E-state index in [1.54, 1.807) is 36.9 Å². The zero-order valence-electron chi connectivity index (χ0n) is 25.8. The van der Waals surface area contributed by atoms with Crippen LogP contribution in [0.2, 0.25) is 0 Å². The molecule has 1 amide bonds. The Hall–Kier alpha value is -5.22. The first-order chi connectivity index (χ1) is 21.9. The van der Waals surface area contributed by atoms with Crippen LogP contribution in [0, 0.1) is 0 Å². The summed E-state index contributed by atoms with van der Waals surface area (Å²) in [5, 5.41) is 6.91. The fourth-order valence-corrected chi connectivity index (χ4v) is 5.53. The van der Waals surface area contributed by atoms with Gasteiger partial charge in [0.05, 0.1) is 18.5 Å². The van der Waals surface area contributed by atoms with Gasteiger partial charge in [-0.1, -0.05) is 43.3 Å². The number of pyridine rings is 1. The van der Waals surface area contributed by atoms with Crippen molar-refractivity contribution in [3.8, 4) is 11.4 Å². The van der Waals surface area contributed by atoms with Crippen LogP contribution in [0.25, 0.3) is 16.7 Å². The van der Waals surface area contributed by atoms with Gasteiger partial charge in [-0.3, -0.25) is 14.2 Å². The Bertz CT molecular complexity index is 1880. The first kappa shape index (κ1) is 29.8. The maximum atomic E-state index is 14.1. The maximum absolute atomic E-state index is 14.1. The minimum Gasteiger partial charge on any atom is -0.494 e. The summed E-state index contributed by atoms with van der Waals surface area (Å²) in [6.07, 6.45) is 2.53. The second kappa shape index (κ2) is 13.2. The van der Waals surface area contributed by atoms with E-state index >= 15 is 0 Å². The zero-order chi connectivity index (χ0) is 31.3. The summed E-state index contributed by atoms with van der Waals surface area (Å²) in [6, 6.07) is 25.0. The maximum Gasteiger partial charge on any atom is 0.260 e. The van der Waals surface area contributed by atoms with Crippen LogP contribution in [-0.4, -0.2) is 65.7 Å². The average Bonchev–Trinajstić information content (AvgIpc) is 3.06. The Kier molecular flexibility index (Phi) is 8.74. The number of nitrogens with zero attached hydrogens (tertiary/aromatic N) is 5. The summed E-state index contributed by atoms with van der Waals surface area (Å²) < 4.78 is 7.34. The number of ether oxygens (including phenoxy) is 1.